The zero-order chi connectivity index (χ0) is 30.7. The minimum absolute atomic E-state index is 0.201. The van der Waals surface area contributed by atoms with Crippen molar-refractivity contribution in [3.63, 3.8) is 0 Å². The Balaban J connectivity index is 2.83. The third-order valence-electron chi connectivity index (χ3n) is 6.52. The van der Waals surface area contributed by atoms with Gasteiger partial charge < -0.3 is 41.8 Å². The van der Waals surface area contributed by atoms with Crippen LogP contribution in [0.2, 0.25) is 0 Å². The van der Waals surface area contributed by atoms with Gasteiger partial charge in [-0.1, -0.05) is 27.7 Å². The molecule has 0 aromatic heterocycles. The number of aliphatic carboxylic acids is 1. The Morgan fingerprint density at radius 2 is 1.50 bits per heavy atom. The average molecular weight is 569 g/mol. The Hall–Kier alpha value is -3.55. The van der Waals surface area contributed by atoms with Crippen LogP contribution in [0.25, 0.3) is 0 Å². The van der Waals surface area contributed by atoms with Gasteiger partial charge in [0.25, 0.3) is 0 Å². The lowest BCUT2D eigenvalue weighted by atomic mass is 10.0. The van der Waals surface area contributed by atoms with E-state index < -0.39 is 78.2 Å². The van der Waals surface area contributed by atoms with Crippen LogP contribution >= 0.6 is 0 Å². The molecule has 1 aliphatic heterocycles. The summed E-state index contributed by atoms with van der Waals surface area (Å²) in [5, 5.41) is 18.8. The summed E-state index contributed by atoms with van der Waals surface area (Å²) >= 11 is 0. The fourth-order valence-electron chi connectivity index (χ4n) is 4.33. The van der Waals surface area contributed by atoms with Gasteiger partial charge in [0.05, 0.1) is 18.5 Å². The summed E-state index contributed by atoms with van der Waals surface area (Å²) in [6, 6.07) is -5.95. The predicted molar refractivity (Wildman–Crippen MR) is 144 cm³/mol. The molecule has 0 aliphatic carbocycles. The van der Waals surface area contributed by atoms with E-state index in [2.05, 4.69) is 21.3 Å². The zero-order valence-corrected chi connectivity index (χ0v) is 24.1. The van der Waals surface area contributed by atoms with Crippen LogP contribution in [-0.4, -0.2) is 94.6 Å². The molecule has 0 unspecified atom stereocenters. The Kier molecular flexibility index (Phi) is 13.7. The molecule has 1 heterocycles. The number of hydrogen-bond acceptors (Lipinski definition) is 8. The van der Waals surface area contributed by atoms with Gasteiger partial charge in [-0.25, -0.2) is 0 Å². The van der Waals surface area contributed by atoms with E-state index in [1.807, 2.05) is 13.8 Å². The molecule has 0 radical (unpaired) electrons. The third-order valence-corrected chi connectivity index (χ3v) is 6.52. The van der Waals surface area contributed by atoms with Gasteiger partial charge in [-0.2, -0.15) is 0 Å². The number of amides is 5. The lowest BCUT2D eigenvalue weighted by Crippen LogP contribution is -2.59. The number of nitrogens with one attached hydrogen (secondary N) is 4. The number of nitrogens with zero attached hydrogens (tertiary/aromatic N) is 1. The van der Waals surface area contributed by atoms with Gasteiger partial charge in [-0.3, -0.25) is 28.8 Å². The molecule has 1 rings (SSSR count). The highest BCUT2D eigenvalue weighted by atomic mass is 16.4. The molecule has 1 fully saturated rings. The van der Waals surface area contributed by atoms with Gasteiger partial charge in [0.2, 0.25) is 29.5 Å². The monoisotopic (exact) mass is 568 g/mol. The maximum atomic E-state index is 13.2. The smallest absolute Gasteiger partial charge is 0.305 e. The Morgan fingerprint density at radius 3 is 2.02 bits per heavy atom. The molecule has 1 aliphatic rings. The van der Waals surface area contributed by atoms with Crippen molar-refractivity contribution in [1.82, 2.24) is 26.2 Å². The first kappa shape index (κ1) is 34.5. The van der Waals surface area contributed by atoms with E-state index >= 15 is 0 Å². The van der Waals surface area contributed by atoms with Crippen molar-refractivity contribution >= 4 is 41.8 Å². The number of carbonyl (C=O) groups excluding carboxylic acids is 6. The second-order valence-electron chi connectivity index (χ2n) is 11.0. The second-order valence-corrected chi connectivity index (χ2v) is 11.0. The van der Waals surface area contributed by atoms with E-state index in [-0.39, 0.29) is 11.8 Å². The Labute approximate surface area is 234 Å². The van der Waals surface area contributed by atoms with E-state index in [1.54, 1.807) is 13.8 Å². The topological polar surface area (TPSA) is 217 Å². The number of nitrogens with two attached hydrogens (primary N) is 1. The molecule has 0 aromatic rings. The largest absolute Gasteiger partial charge is 0.481 e. The van der Waals surface area contributed by atoms with Gasteiger partial charge >= 0.3 is 5.97 Å². The van der Waals surface area contributed by atoms with Gasteiger partial charge in [0.1, 0.15) is 30.5 Å². The van der Waals surface area contributed by atoms with Crippen LogP contribution in [0, 0.1) is 11.8 Å². The van der Waals surface area contributed by atoms with Crippen LogP contribution in [0.3, 0.4) is 0 Å². The summed E-state index contributed by atoms with van der Waals surface area (Å²) < 4.78 is 0. The molecule has 0 spiro atoms. The summed E-state index contributed by atoms with van der Waals surface area (Å²) in [5.41, 5.74) is 5.91. The van der Waals surface area contributed by atoms with E-state index in [9.17, 15) is 33.6 Å². The highest BCUT2D eigenvalue weighted by Gasteiger charge is 2.38. The van der Waals surface area contributed by atoms with E-state index in [4.69, 9.17) is 10.8 Å². The quantitative estimate of drug-likeness (QED) is 0.129. The predicted octanol–water partition coefficient (Wildman–Crippen LogP) is -1.34. The molecule has 1 saturated heterocycles. The molecular formula is C26H44N6O8. The standard InChI is InChI=1S/C26H44N6O8/c1-13(2)10-18(27)23(37)29-16(6)26(40)32-9-7-8-19(32)24(38)31-21(14(3)4)25(39)28-15(5)22(36)30-17(12-33)11-20(34)35/h12-19,21H,7-11,27H2,1-6H3,(H,28,39)(H,29,37)(H,30,36)(H,31,38)(H,34,35)/t15-,16-,17-,18-,19-,21-/m0/s1. The van der Waals surface area contributed by atoms with Crippen LogP contribution in [0.15, 0.2) is 0 Å². The van der Waals surface area contributed by atoms with Crippen molar-refractivity contribution in [1.29, 1.82) is 0 Å². The van der Waals surface area contributed by atoms with Crippen molar-refractivity contribution in [2.75, 3.05) is 6.54 Å². The van der Waals surface area contributed by atoms with Crippen LogP contribution in [0.4, 0.5) is 0 Å². The van der Waals surface area contributed by atoms with Crippen molar-refractivity contribution in [3.8, 4) is 0 Å². The van der Waals surface area contributed by atoms with Gasteiger partial charge in [-0.05, 0) is 44.9 Å². The lowest BCUT2D eigenvalue weighted by molar-refractivity contribution is -0.142. The molecule has 0 saturated carbocycles. The van der Waals surface area contributed by atoms with Crippen molar-refractivity contribution < 1.29 is 38.7 Å². The van der Waals surface area contributed by atoms with Gasteiger partial charge in [-0.15, -0.1) is 0 Å². The molecule has 14 nitrogen and oxygen atoms in total. The first-order valence-electron chi connectivity index (χ1n) is 13.5. The summed E-state index contributed by atoms with van der Waals surface area (Å²) in [5.74, 6) is -4.33. The molecule has 7 N–H and O–H groups in total. The number of rotatable bonds is 15. The summed E-state index contributed by atoms with van der Waals surface area (Å²) in [6.45, 7) is 10.4. The second kappa shape index (κ2) is 15.9. The summed E-state index contributed by atoms with van der Waals surface area (Å²) in [6.07, 6.45) is 1.07. The van der Waals surface area contributed by atoms with Crippen LogP contribution in [0.1, 0.15) is 67.2 Å². The Morgan fingerprint density at radius 1 is 0.900 bits per heavy atom. The Bertz CT molecular complexity index is 955. The minimum atomic E-state index is -1.28. The molecule has 226 valence electrons. The van der Waals surface area contributed by atoms with E-state index in [1.165, 1.54) is 18.7 Å². The summed E-state index contributed by atoms with van der Waals surface area (Å²) in [7, 11) is 0. The van der Waals surface area contributed by atoms with Crippen LogP contribution in [-0.2, 0) is 33.6 Å². The van der Waals surface area contributed by atoms with Crippen molar-refractivity contribution in [3.05, 3.63) is 0 Å². The fourth-order valence-corrected chi connectivity index (χ4v) is 4.33. The number of carboxylic acids is 1. The average Bonchev–Trinajstić information content (AvgIpc) is 3.35. The number of likely N-dealkylation sites (tertiary alicyclic amines) is 1. The molecule has 40 heavy (non-hydrogen) atoms. The maximum absolute atomic E-state index is 13.2. The minimum Gasteiger partial charge on any atom is -0.481 e. The fraction of sp³-hybridized carbons (Fsp3) is 0.731. The SMILES string of the molecule is CC(C)C[C@H](N)C(=O)N[C@@H](C)C(=O)N1CCC[C@H]1C(=O)N[C@H](C(=O)N[C@@H](C)C(=O)N[C@H](C=O)CC(=O)O)C(C)C. The first-order valence-corrected chi connectivity index (χ1v) is 13.5. The highest BCUT2D eigenvalue weighted by molar-refractivity contribution is 5.96. The number of aldehydes is 1. The number of carbonyl (C=O) groups is 7. The molecule has 6 atom stereocenters. The molecular weight excluding hydrogens is 524 g/mol. The lowest BCUT2D eigenvalue weighted by Gasteiger charge is -2.30. The van der Waals surface area contributed by atoms with E-state index in [0.29, 0.717) is 32.1 Å². The normalized spacial score (nSPS) is 18.7. The first-order chi connectivity index (χ1) is 18.6. The molecule has 0 bridgehead atoms. The van der Waals surface area contributed by atoms with Crippen LogP contribution in [0.5, 0.6) is 0 Å². The number of hydrogen-bond donors (Lipinski definition) is 6. The highest BCUT2D eigenvalue weighted by Crippen LogP contribution is 2.19. The maximum Gasteiger partial charge on any atom is 0.305 e. The van der Waals surface area contributed by atoms with Crippen molar-refractivity contribution in [2.24, 2.45) is 17.6 Å². The van der Waals surface area contributed by atoms with Crippen molar-refractivity contribution in [2.45, 2.75) is 103 Å². The van der Waals surface area contributed by atoms with E-state index in [0.717, 1.165) is 0 Å². The van der Waals surface area contributed by atoms with Gasteiger partial charge in [0.15, 0.2) is 0 Å². The third kappa shape index (κ3) is 10.5. The molecule has 14 heteroatoms. The number of carboxylic acid groups (broad SMARTS) is 1. The molecule has 5 amide bonds. The summed E-state index contributed by atoms with van der Waals surface area (Å²) in [4.78, 5) is 87.2. The van der Waals surface area contributed by atoms with Gasteiger partial charge in [0, 0.05) is 6.54 Å². The molecule has 0 aromatic carbocycles. The zero-order valence-electron chi connectivity index (χ0n) is 24.1. The van der Waals surface area contributed by atoms with Crippen LogP contribution < -0.4 is 27.0 Å².